The summed E-state index contributed by atoms with van der Waals surface area (Å²) in [4.78, 5) is 0. The fraction of sp³-hybridized carbons (Fsp3) is 0.0909. The van der Waals surface area contributed by atoms with Crippen LogP contribution in [0.1, 0.15) is 7.43 Å². The Hall–Kier alpha value is -1.30. The van der Waals surface area contributed by atoms with E-state index in [1.165, 1.54) is 10.8 Å². The molecule has 0 saturated carbocycles. The number of benzene rings is 2. The summed E-state index contributed by atoms with van der Waals surface area (Å²) >= 11 is 0. The molecule has 0 nitrogen and oxygen atoms in total. The Bertz CT molecular complexity index is 271. The van der Waals surface area contributed by atoms with Crippen LogP contribution in [0, 0.1) is 0 Å². The molecule has 0 aliphatic rings. The van der Waals surface area contributed by atoms with E-state index in [2.05, 4.69) is 48.5 Å². The Balaban J connectivity index is 0.000000605. The third-order valence-corrected chi connectivity index (χ3v) is 1.66. The molecule has 56 valence electrons. The van der Waals surface area contributed by atoms with E-state index in [0.717, 1.165) is 0 Å². The Kier molecular flexibility index (Phi) is 2.27. The highest BCUT2D eigenvalue weighted by atomic mass is 13.9. The zero-order valence-corrected chi connectivity index (χ0v) is 5.62. The van der Waals surface area contributed by atoms with Gasteiger partial charge in [-0.05, 0) is 10.8 Å². The normalized spacial score (nSPS) is 9.09. The summed E-state index contributed by atoms with van der Waals surface area (Å²) in [6.07, 6.45) is 0. The molecule has 0 aliphatic heterocycles. The highest BCUT2D eigenvalue weighted by molar-refractivity contribution is 5.81. The second kappa shape index (κ2) is 3.20. The average molecular weight is 144 g/mol. The average Bonchev–Trinajstić information content (AvgIpc) is 2.05. The van der Waals surface area contributed by atoms with Crippen LogP contribution in [0.15, 0.2) is 48.5 Å². The standard InChI is InChI=1S/C10H8.CH4/c1-2-6-10-8-4-3-7-9(10)5-1;/h1-8H;1H4. The molecule has 2 aromatic carbocycles. The topological polar surface area (TPSA) is 0 Å². The smallest absolute Gasteiger partial charge is 0.0184 e. The van der Waals surface area contributed by atoms with Crippen LogP contribution in [0.2, 0.25) is 0 Å². The van der Waals surface area contributed by atoms with E-state index in [9.17, 15) is 0 Å². The molecule has 0 amide bonds. The Labute approximate surface area is 67.5 Å². The van der Waals surface area contributed by atoms with Gasteiger partial charge in [0.15, 0.2) is 0 Å². The summed E-state index contributed by atoms with van der Waals surface area (Å²) in [5, 5.41) is 2.62. The largest absolute Gasteiger partial charge is 0.0776 e. The number of fused-ring (bicyclic) bond motifs is 1. The van der Waals surface area contributed by atoms with Crippen LogP contribution in [0.4, 0.5) is 0 Å². The van der Waals surface area contributed by atoms with Crippen molar-refractivity contribution < 1.29 is 0 Å². The lowest BCUT2D eigenvalue weighted by Crippen LogP contribution is -1.67. The Morgan fingerprint density at radius 3 is 1.09 bits per heavy atom. The molecule has 11 heavy (non-hydrogen) atoms. The first-order valence-corrected chi connectivity index (χ1v) is 3.40. The summed E-state index contributed by atoms with van der Waals surface area (Å²) in [7, 11) is 0. The van der Waals surface area contributed by atoms with E-state index < -0.39 is 0 Å². The van der Waals surface area contributed by atoms with E-state index in [0.29, 0.717) is 0 Å². The second-order valence-corrected chi connectivity index (χ2v) is 2.35. The lowest BCUT2D eigenvalue weighted by Gasteiger charge is -1.92. The Morgan fingerprint density at radius 2 is 0.818 bits per heavy atom. The maximum absolute atomic E-state index is 2.12. The molecular formula is C11H12. The molecule has 0 radical (unpaired) electrons. The van der Waals surface area contributed by atoms with Crippen LogP contribution in [0.3, 0.4) is 0 Å². The van der Waals surface area contributed by atoms with Crippen LogP contribution < -0.4 is 0 Å². The van der Waals surface area contributed by atoms with Crippen molar-refractivity contribution >= 4 is 10.8 Å². The van der Waals surface area contributed by atoms with Crippen molar-refractivity contribution in [2.75, 3.05) is 0 Å². The molecule has 0 aliphatic carbocycles. The molecule has 0 aromatic heterocycles. The predicted molar refractivity (Wildman–Crippen MR) is 50.7 cm³/mol. The third-order valence-electron chi connectivity index (χ3n) is 1.66. The molecule has 2 aromatic rings. The third kappa shape index (κ3) is 1.40. The molecule has 0 unspecified atom stereocenters. The van der Waals surface area contributed by atoms with Crippen molar-refractivity contribution in [2.24, 2.45) is 0 Å². The zero-order chi connectivity index (χ0) is 6.81. The van der Waals surface area contributed by atoms with E-state index in [-0.39, 0.29) is 7.43 Å². The lowest BCUT2D eigenvalue weighted by atomic mass is 10.1. The maximum atomic E-state index is 2.12. The van der Waals surface area contributed by atoms with Crippen LogP contribution in [0.5, 0.6) is 0 Å². The van der Waals surface area contributed by atoms with Gasteiger partial charge in [-0.25, -0.2) is 0 Å². The fourth-order valence-electron chi connectivity index (χ4n) is 1.13. The molecule has 0 bridgehead atoms. The van der Waals surface area contributed by atoms with Crippen LogP contribution in [0.25, 0.3) is 10.8 Å². The monoisotopic (exact) mass is 144 g/mol. The summed E-state index contributed by atoms with van der Waals surface area (Å²) in [5.74, 6) is 0. The van der Waals surface area contributed by atoms with Crippen molar-refractivity contribution in [1.82, 2.24) is 0 Å². The summed E-state index contributed by atoms with van der Waals surface area (Å²) in [5.41, 5.74) is 0. The van der Waals surface area contributed by atoms with Crippen molar-refractivity contribution in [3.05, 3.63) is 48.5 Å². The molecule has 0 fully saturated rings. The molecule has 0 spiro atoms. The molecule has 0 N–H and O–H groups in total. The second-order valence-electron chi connectivity index (χ2n) is 2.35. The molecule has 0 atom stereocenters. The minimum Gasteiger partial charge on any atom is -0.0776 e. The van der Waals surface area contributed by atoms with E-state index in [4.69, 9.17) is 0 Å². The maximum Gasteiger partial charge on any atom is -0.0184 e. The number of hydrogen-bond acceptors (Lipinski definition) is 0. The highest BCUT2D eigenvalue weighted by Gasteiger charge is 1.85. The van der Waals surface area contributed by atoms with E-state index in [1.807, 2.05) is 0 Å². The quantitative estimate of drug-likeness (QED) is 0.531. The van der Waals surface area contributed by atoms with Crippen LogP contribution >= 0.6 is 0 Å². The van der Waals surface area contributed by atoms with Gasteiger partial charge in [-0.1, -0.05) is 56.0 Å². The van der Waals surface area contributed by atoms with Gasteiger partial charge >= 0.3 is 0 Å². The number of hydrogen-bond donors (Lipinski definition) is 0. The van der Waals surface area contributed by atoms with Crippen molar-refractivity contribution in [1.29, 1.82) is 0 Å². The van der Waals surface area contributed by atoms with Gasteiger partial charge in [-0.3, -0.25) is 0 Å². The molecular weight excluding hydrogens is 132 g/mol. The molecule has 0 heterocycles. The Morgan fingerprint density at radius 1 is 0.545 bits per heavy atom. The van der Waals surface area contributed by atoms with E-state index in [1.54, 1.807) is 0 Å². The van der Waals surface area contributed by atoms with Gasteiger partial charge in [0.25, 0.3) is 0 Å². The summed E-state index contributed by atoms with van der Waals surface area (Å²) in [6.45, 7) is 0. The first-order chi connectivity index (χ1) is 4.97. The molecule has 0 saturated heterocycles. The lowest BCUT2D eigenvalue weighted by molar-refractivity contribution is 1.75. The van der Waals surface area contributed by atoms with Crippen molar-refractivity contribution in [3.8, 4) is 0 Å². The van der Waals surface area contributed by atoms with Gasteiger partial charge < -0.3 is 0 Å². The van der Waals surface area contributed by atoms with Gasteiger partial charge in [0.05, 0.1) is 0 Å². The molecule has 2 rings (SSSR count). The predicted octanol–water partition coefficient (Wildman–Crippen LogP) is 3.48. The van der Waals surface area contributed by atoms with Gasteiger partial charge in [-0.15, -0.1) is 0 Å². The highest BCUT2D eigenvalue weighted by Crippen LogP contribution is 2.11. The van der Waals surface area contributed by atoms with E-state index >= 15 is 0 Å². The fourth-order valence-corrected chi connectivity index (χ4v) is 1.13. The SMILES string of the molecule is C.c1ccc2ccccc2c1. The van der Waals surface area contributed by atoms with Gasteiger partial charge in [0.2, 0.25) is 0 Å². The van der Waals surface area contributed by atoms with Gasteiger partial charge in [0.1, 0.15) is 0 Å². The van der Waals surface area contributed by atoms with Crippen molar-refractivity contribution in [2.45, 2.75) is 7.43 Å². The summed E-state index contributed by atoms with van der Waals surface area (Å²) in [6, 6.07) is 16.7. The zero-order valence-electron chi connectivity index (χ0n) is 5.62. The van der Waals surface area contributed by atoms with Gasteiger partial charge in [0, 0.05) is 0 Å². The minimum absolute atomic E-state index is 0. The molecule has 0 heteroatoms. The van der Waals surface area contributed by atoms with Crippen LogP contribution in [-0.2, 0) is 0 Å². The van der Waals surface area contributed by atoms with Crippen LogP contribution in [-0.4, -0.2) is 0 Å². The van der Waals surface area contributed by atoms with Crippen molar-refractivity contribution in [3.63, 3.8) is 0 Å². The first kappa shape index (κ1) is 7.80. The van der Waals surface area contributed by atoms with Gasteiger partial charge in [-0.2, -0.15) is 0 Å². The summed E-state index contributed by atoms with van der Waals surface area (Å²) < 4.78 is 0. The number of rotatable bonds is 0. The minimum atomic E-state index is 0. The first-order valence-electron chi connectivity index (χ1n) is 3.40.